The Balaban J connectivity index is 0.000000337. The van der Waals surface area contributed by atoms with Crippen molar-refractivity contribution in [1.82, 2.24) is 5.48 Å². The SMILES string of the molecule is NC1CCCCC1.NC1CCCCC1.O=C(COP(=O)(O)O)NO. The van der Waals surface area contributed by atoms with Crippen LogP contribution < -0.4 is 16.9 Å². The Morgan fingerprint density at radius 1 is 0.958 bits per heavy atom. The molecule has 2 aliphatic carbocycles. The molecule has 144 valence electrons. The number of hydrogen-bond donors (Lipinski definition) is 6. The van der Waals surface area contributed by atoms with Gasteiger partial charge in [-0.15, -0.1) is 0 Å². The summed E-state index contributed by atoms with van der Waals surface area (Å²) < 4.78 is 13.5. The molecule has 24 heavy (non-hydrogen) atoms. The van der Waals surface area contributed by atoms with E-state index in [1.165, 1.54) is 64.2 Å². The normalized spacial score (nSPS) is 19.4. The van der Waals surface area contributed by atoms with Crippen LogP contribution in [0.2, 0.25) is 0 Å². The number of hydrogen-bond acceptors (Lipinski definition) is 6. The average molecular weight is 369 g/mol. The van der Waals surface area contributed by atoms with Gasteiger partial charge in [-0.2, -0.15) is 0 Å². The van der Waals surface area contributed by atoms with Crippen molar-refractivity contribution in [3.63, 3.8) is 0 Å². The predicted octanol–water partition coefficient (Wildman–Crippen LogP) is 1.16. The summed E-state index contributed by atoms with van der Waals surface area (Å²) >= 11 is 0. The third kappa shape index (κ3) is 16.3. The smallest absolute Gasteiger partial charge is 0.328 e. The van der Waals surface area contributed by atoms with Gasteiger partial charge < -0.3 is 21.3 Å². The second-order valence-electron chi connectivity index (χ2n) is 6.10. The second kappa shape index (κ2) is 13.7. The summed E-state index contributed by atoms with van der Waals surface area (Å²) in [5.41, 5.74) is 12.4. The average Bonchev–Trinajstić information content (AvgIpc) is 2.54. The molecule has 8 N–H and O–H groups in total. The molecule has 0 spiro atoms. The van der Waals surface area contributed by atoms with E-state index >= 15 is 0 Å². The number of hydroxylamine groups is 1. The highest BCUT2D eigenvalue weighted by Gasteiger charge is 2.15. The summed E-state index contributed by atoms with van der Waals surface area (Å²) in [7, 11) is -4.60. The highest BCUT2D eigenvalue weighted by atomic mass is 31.2. The van der Waals surface area contributed by atoms with Gasteiger partial charge in [-0.25, -0.2) is 10.0 Å². The zero-order valence-electron chi connectivity index (χ0n) is 14.1. The number of amides is 1. The standard InChI is InChI=1S/2C6H13N.C2H6NO6P/c2*7-6-4-2-1-3-5-6;4-2(3-5)1-9-10(6,7)8/h2*6H,1-5,7H2;5H,1H2,(H,3,4)(H2,6,7,8). The fraction of sp³-hybridized carbons (Fsp3) is 0.929. The Labute approximate surface area is 143 Å². The summed E-state index contributed by atoms with van der Waals surface area (Å²) in [4.78, 5) is 26.0. The fourth-order valence-electron chi connectivity index (χ4n) is 2.44. The van der Waals surface area contributed by atoms with E-state index in [0.717, 1.165) is 5.48 Å². The van der Waals surface area contributed by atoms with E-state index in [9.17, 15) is 9.36 Å². The molecule has 2 fully saturated rings. The number of phosphoric acid groups is 1. The maximum atomic E-state index is 10.0. The van der Waals surface area contributed by atoms with Crippen molar-refractivity contribution in [2.24, 2.45) is 11.5 Å². The molecule has 0 aliphatic heterocycles. The molecule has 0 atom stereocenters. The molecule has 0 unspecified atom stereocenters. The van der Waals surface area contributed by atoms with Gasteiger partial charge in [0.1, 0.15) is 6.61 Å². The first-order valence-corrected chi connectivity index (χ1v) is 9.92. The molecule has 10 heteroatoms. The Morgan fingerprint density at radius 2 is 1.33 bits per heavy atom. The summed E-state index contributed by atoms with van der Waals surface area (Å²) in [6, 6.07) is 1.07. The van der Waals surface area contributed by atoms with Gasteiger partial charge >= 0.3 is 7.82 Å². The van der Waals surface area contributed by atoms with Crippen molar-refractivity contribution in [2.45, 2.75) is 76.3 Å². The third-order valence-corrected chi connectivity index (χ3v) is 4.25. The van der Waals surface area contributed by atoms with E-state index in [1.54, 1.807) is 0 Å². The van der Waals surface area contributed by atoms with Crippen LogP contribution in [0.25, 0.3) is 0 Å². The van der Waals surface area contributed by atoms with E-state index in [4.69, 9.17) is 26.5 Å². The number of nitrogens with two attached hydrogens (primary N) is 2. The van der Waals surface area contributed by atoms with Gasteiger partial charge in [0.25, 0.3) is 5.91 Å². The van der Waals surface area contributed by atoms with Gasteiger partial charge in [-0.1, -0.05) is 38.5 Å². The monoisotopic (exact) mass is 369 g/mol. The van der Waals surface area contributed by atoms with Crippen LogP contribution in [-0.2, 0) is 13.9 Å². The first-order chi connectivity index (χ1) is 11.2. The Bertz CT molecular complexity index is 352. The van der Waals surface area contributed by atoms with Crippen LogP contribution in [0.3, 0.4) is 0 Å². The lowest BCUT2D eigenvalue weighted by atomic mass is 9.97. The largest absolute Gasteiger partial charge is 0.470 e. The topological polar surface area (TPSA) is 168 Å². The van der Waals surface area contributed by atoms with Crippen molar-refractivity contribution in [1.29, 1.82) is 0 Å². The van der Waals surface area contributed by atoms with Crippen molar-refractivity contribution < 1.29 is 28.9 Å². The van der Waals surface area contributed by atoms with Crippen LogP contribution in [0.5, 0.6) is 0 Å². The Kier molecular flexibility index (Phi) is 13.4. The van der Waals surface area contributed by atoms with E-state index < -0.39 is 20.3 Å². The number of nitrogens with one attached hydrogen (secondary N) is 1. The van der Waals surface area contributed by atoms with Crippen LogP contribution >= 0.6 is 7.82 Å². The second-order valence-corrected chi connectivity index (χ2v) is 7.33. The van der Waals surface area contributed by atoms with Gasteiger partial charge in [-0.05, 0) is 25.7 Å². The molecule has 0 heterocycles. The van der Waals surface area contributed by atoms with Gasteiger partial charge in [-0.3, -0.25) is 14.5 Å². The van der Waals surface area contributed by atoms with E-state index in [-0.39, 0.29) is 0 Å². The van der Waals surface area contributed by atoms with Crippen molar-refractivity contribution in [3.05, 3.63) is 0 Å². The zero-order chi connectivity index (χ0) is 18.4. The summed E-state index contributed by atoms with van der Waals surface area (Å²) in [6.07, 6.45) is 13.3. The van der Waals surface area contributed by atoms with Crippen molar-refractivity contribution >= 4 is 13.7 Å². The minimum atomic E-state index is -4.60. The van der Waals surface area contributed by atoms with E-state index in [0.29, 0.717) is 12.1 Å². The van der Waals surface area contributed by atoms with Crippen molar-refractivity contribution in [2.75, 3.05) is 6.61 Å². The molecule has 0 aromatic carbocycles. The van der Waals surface area contributed by atoms with Gasteiger partial charge in [0, 0.05) is 12.1 Å². The number of carbonyl (C=O) groups excluding carboxylic acids is 1. The van der Waals surface area contributed by atoms with Gasteiger partial charge in [0.2, 0.25) is 0 Å². The van der Waals surface area contributed by atoms with Crippen LogP contribution in [0.4, 0.5) is 0 Å². The summed E-state index contributed by atoms with van der Waals surface area (Å²) in [5.74, 6) is -1.02. The quantitative estimate of drug-likeness (QED) is 0.245. The Morgan fingerprint density at radius 3 is 1.54 bits per heavy atom. The molecule has 1 amide bonds. The van der Waals surface area contributed by atoms with Crippen LogP contribution in [-0.4, -0.2) is 39.6 Å². The van der Waals surface area contributed by atoms with Crippen LogP contribution in [0, 0.1) is 0 Å². The molecule has 0 saturated heterocycles. The first-order valence-electron chi connectivity index (χ1n) is 8.38. The molecule has 0 bridgehead atoms. The van der Waals surface area contributed by atoms with Crippen LogP contribution in [0.1, 0.15) is 64.2 Å². The molecule has 2 saturated carbocycles. The minimum absolute atomic E-state index is 0.536. The minimum Gasteiger partial charge on any atom is -0.328 e. The molecule has 0 aromatic heterocycles. The number of carbonyl (C=O) groups is 1. The summed E-state index contributed by atoms with van der Waals surface area (Å²) in [5, 5.41) is 7.80. The molecule has 2 rings (SSSR count). The highest BCUT2D eigenvalue weighted by Crippen LogP contribution is 2.35. The third-order valence-electron chi connectivity index (χ3n) is 3.79. The molecule has 0 radical (unpaired) electrons. The predicted molar refractivity (Wildman–Crippen MR) is 90.0 cm³/mol. The first kappa shape index (κ1) is 23.5. The maximum Gasteiger partial charge on any atom is 0.470 e. The molecule has 0 aromatic rings. The zero-order valence-corrected chi connectivity index (χ0v) is 15.0. The molecular weight excluding hydrogens is 337 g/mol. The van der Waals surface area contributed by atoms with Gasteiger partial charge in [0.05, 0.1) is 0 Å². The lowest BCUT2D eigenvalue weighted by Gasteiger charge is -2.15. The van der Waals surface area contributed by atoms with Crippen molar-refractivity contribution in [3.8, 4) is 0 Å². The number of rotatable bonds is 3. The fourth-order valence-corrected chi connectivity index (χ4v) is 2.73. The molecule has 2 aliphatic rings. The molecular formula is C14H32N3O6P. The molecule has 9 nitrogen and oxygen atoms in total. The lowest BCUT2D eigenvalue weighted by molar-refractivity contribution is -0.131. The highest BCUT2D eigenvalue weighted by molar-refractivity contribution is 7.46. The van der Waals surface area contributed by atoms with E-state index in [2.05, 4.69) is 4.52 Å². The lowest BCUT2D eigenvalue weighted by Crippen LogP contribution is -2.23. The number of phosphoric ester groups is 1. The van der Waals surface area contributed by atoms with Crippen LogP contribution in [0.15, 0.2) is 0 Å². The Hall–Kier alpha value is -0.540. The summed E-state index contributed by atoms with van der Waals surface area (Å²) in [6.45, 7) is -0.874. The maximum absolute atomic E-state index is 10.0. The van der Waals surface area contributed by atoms with E-state index in [1.807, 2.05) is 0 Å². The van der Waals surface area contributed by atoms with Gasteiger partial charge in [0.15, 0.2) is 0 Å².